The Hall–Kier alpha value is -1.66. The number of urea groups is 1. The van der Waals surface area contributed by atoms with Crippen molar-refractivity contribution in [2.45, 2.75) is 31.8 Å². The Morgan fingerprint density at radius 2 is 1.96 bits per heavy atom. The Balaban J connectivity index is 1.30. The van der Waals surface area contributed by atoms with Crippen LogP contribution >= 0.6 is 11.8 Å². The van der Waals surface area contributed by atoms with Gasteiger partial charge in [0.25, 0.3) is 0 Å². The second-order valence-electron chi connectivity index (χ2n) is 7.36. The van der Waals surface area contributed by atoms with Crippen molar-refractivity contribution >= 4 is 28.7 Å². The van der Waals surface area contributed by atoms with Crippen LogP contribution in [0.15, 0.2) is 30.5 Å². The fourth-order valence-corrected chi connectivity index (χ4v) is 5.01. The molecule has 2 aliphatic heterocycles. The van der Waals surface area contributed by atoms with E-state index < -0.39 is 0 Å². The molecule has 1 aromatic heterocycles. The van der Waals surface area contributed by atoms with Crippen LogP contribution in [-0.2, 0) is 0 Å². The summed E-state index contributed by atoms with van der Waals surface area (Å²) in [6, 6.07) is 9.13. The molecule has 0 spiro atoms. The van der Waals surface area contributed by atoms with E-state index in [0.29, 0.717) is 6.04 Å². The summed E-state index contributed by atoms with van der Waals surface area (Å²) >= 11 is 2.06. The van der Waals surface area contributed by atoms with Gasteiger partial charge in [0.15, 0.2) is 0 Å². The van der Waals surface area contributed by atoms with Gasteiger partial charge < -0.3 is 15.2 Å². The van der Waals surface area contributed by atoms with Crippen molar-refractivity contribution in [2.75, 3.05) is 37.7 Å². The summed E-state index contributed by atoms with van der Waals surface area (Å²) in [5, 5.41) is 4.36. The number of carbonyl (C=O) groups is 1. The standard InChI is InChI=1S/C20H28N4OS/c1-15(16-2-3-19-17(14-16)4-7-21-19)22-20(25)24-8-5-18(6-9-24)23-10-12-26-13-11-23/h2-4,7,14-15,18,21H,5-6,8-13H2,1H3,(H,22,25)/t15-/m0/s1. The van der Waals surface area contributed by atoms with Gasteiger partial charge in [0.05, 0.1) is 6.04 Å². The maximum atomic E-state index is 12.7. The fraction of sp³-hybridized carbons (Fsp3) is 0.550. The first-order valence-electron chi connectivity index (χ1n) is 9.65. The molecule has 2 saturated heterocycles. The molecule has 2 fully saturated rings. The predicted molar refractivity (Wildman–Crippen MR) is 109 cm³/mol. The van der Waals surface area contributed by atoms with Crippen molar-refractivity contribution in [2.24, 2.45) is 0 Å². The minimum atomic E-state index is 0.0126. The number of likely N-dealkylation sites (tertiary alicyclic amines) is 1. The number of rotatable bonds is 3. The molecule has 1 aromatic carbocycles. The van der Waals surface area contributed by atoms with Gasteiger partial charge in [-0.05, 0) is 48.9 Å². The Kier molecular flexibility index (Phi) is 5.41. The van der Waals surface area contributed by atoms with Gasteiger partial charge in [0, 0.05) is 55.4 Å². The molecule has 1 atom stereocenters. The average molecular weight is 373 g/mol. The Morgan fingerprint density at radius 1 is 1.19 bits per heavy atom. The first kappa shape index (κ1) is 17.7. The van der Waals surface area contributed by atoms with E-state index in [9.17, 15) is 4.79 Å². The largest absolute Gasteiger partial charge is 0.361 e. The number of H-pyrrole nitrogens is 1. The molecule has 0 bridgehead atoms. The van der Waals surface area contributed by atoms with Crippen LogP contribution < -0.4 is 5.32 Å². The Bertz CT molecular complexity index is 747. The topological polar surface area (TPSA) is 51.4 Å². The third kappa shape index (κ3) is 3.86. The normalized spacial score (nSPS) is 21.0. The molecule has 2 amide bonds. The number of amides is 2. The molecule has 2 N–H and O–H groups in total. The first-order valence-corrected chi connectivity index (χ1v) is 10.8. The zero-order valence-electron chi connectivity index (χ0n) is 15.4. The van der Waals surface area contributed by atoms with E-state index in [1.54, 1.807) is 0 Å². The zero-order valence-corrected chi connectivity index (χ0v) is 16.2. The molecule has 26 heavy (non-hydrogen) atoms. The highest BCUT2D eigenvalue weighted by molar-refractivity contribution is 7.99. The lowest BCUT2D eigenvalue weighted by Gasteiger charge is -2.40. The molecule has 0 aliphatic carbocycles. The van der Waals surface area contributed by atoms with Gasteiger partial charge >= 0.3 is 6.03 Å². The number of benzene rings is 1. The van der Waals surface area contributed by atoms with Gasteiger partial charge in [0.1, 0.15) is 0 Å². The molecule has 0 radical (unpaired) electrons. The number of carbonyl (C=O) groups excluding carboxylic acids is 1. The van der Waals surface area contributed by atoms with Crippen LogP contribution in [0.1, 0.15) is 31.4 Å². The molecule has 140 valence electrons. The lowest BCUT2D eigenvalue weighted by Crippen LogP contribution is -2.51. The number of piperidine rings is 1. The summed E-state index contributed by atoms with van der Waals surface area (Å²) in [5.41, 5.74) is 2.27. The van der Waals surface area contributed by atoms with E-state index >= 15 is 0 Å². The molecule has 2 aromatic rings. The van der Waals surface area contributed by atoms with E-state index in [-0.39, 0.29) is 12.1 Å². The lowest BCUT2D eigenvalue weighted by molar-refractivity contribution is 0.123. The number of nitrogens with one attached hydrogen (secondary N) is 2. The van der Waals surface area contributed by atoms with Gasteiger partial charge in [-0.15, -0.1) is 0 Å². The number of thioether (sulfide) groups is 1. The summed E-state index contributed by atoms with van der Waals surface area (Å²) in [7, 11) is 0. The van der Waals surface area contributed by atoms with E-state index in [4.69, 9.17) is 0 Å². The monoisotopic (exact) mass is 372 g/mol. The van der Waals surface area contributed by atoms with Crippen LogP contribution in [-0.4, -0.2) is 64.5 Å². The lowest BCUT2D eigenvalue weighted by atomic mass is 10.0. The number of nitrogens with zero attached hydrogens (tertiary/aromatic N) is 2. The zero-order chi connectivity index (χ0) is 17.9. The molecule has 0 saturated carbocycles. The number of hydrogen-bond donors (Lipinski definition) is 2. The third-order valence-electron chi connectivity index (χ3n) is 5.73. The second kappa shape index (κ2) is 7.92. The highest BCUT2D eigenvalue weighted by Gasteiger charge is 2.28. The quantitative estimate of drug-likeness (QED) is 0.868. The average Bonchev–Trinajstić information content (AvgIpc) is 3.16. The minimum Gasteiger partial charge on any atom is -0.361 e. The van der Waals surface area contributed by atoms with Crippen LogP contribution in [0.3, 0.4) is 0 Å². The van der Waals surface area contributed by atoms with Crippen molar-refractivity contribution in [1.82, 2.24) is 20.1 Å². The molecule has 0 unspecified atom stereocenters. The maximum Gasteiger partial charge on any atom is 0.317 e. The van der Waals surface area contributed by atoms with E-state index in [0.717, 1.165) is 37.0 Å². The molecule has 2 aliphatic rings. The van der Waals surface area contributed by atoms with E-state index in [2.05, 4.69) is 58.2 Å². The Labute approximate surface area is 159 Å². The van der Waals surface area contributed by atoms with Crippen LogP contribution in [0.25, 0.3) is 10.9 Å². The van der Waals surface area contributed by atoms with Crippen LogP contribution in [0.4, 0.5) is 4.79 Å². The number of aromatic amines is 1. The first-order chi connectivity index (χ1) is 12.7. The van der Waals surface area contributed by atoms with E-state index in [1.807, 2.05) is 11.1 Å². The van der Waals surface area contributed by atoms with Crippen molar-refractivity contribution in [1.29, 1.82) is 0 Å². The van der Waals surface area contributed by atoms with Crippen molar-refractivity contribution in [3.63, 3.8) is 0 Å². The fourth-order valence-electron chi connectivity index (χ4n) is 4.08. The van der Waals surface area contributed by atoms with Crippen LogP contribution in [0.5, 0.6) is 0 Å². The van der Waals surface area contributed by atoms with Crippen LogP contribution in [0, 0.1) is 0 Å². The van der Waals surface area contributed by atoms with Crippen molar-refractivity contribution in [3.05, 3.63) is 36.0 Å². The molecular weight excluding hydrogens is 344 g/mol. The maximum absolute atomic E-state index is 12.7. The predicted octanol–water partition coefficient (Wildman–Crippen LogP) is 3.45. The summed E-state index contributed by atoms with van der Waals surface area (Å²) in [6.07, 6.45) is 4.15. The summed E-state index contributed by atoms with van der Waals surface area (Å²) in [6.45, 7) is 6.21. The smallest absolute Gasteiger partial charge is 0.317 e. The summed E-state index contributed by atoms with van der Waals surface area (Å²) in [5.74, 6) is 2.51. The summed E-state index contributed by atoms with van der Waals surface area (Å²) in [4.78, 5) is 20.5. The number of aromatic nitrogens is 1. The van der Waals surface area contributed by atoms with Gasteiger partial charge in [-0.3, -0.25) is 4.90 Å². The highest BCUT2D eigenvalue weighted by atomic mass is 32.2. The Morgan fingerprint density at radius 3 is 2.73 bits per heavy atom. The molecule has 6 heteroatoms. The highest BCUT2D eigenvalue weighted by Crippen LogP contribution is 2.22. The molecule has 5 nitrogen and oxygen atoms in total. The second-order valence-corrected chi connectivity index (χ2v) is 8.59. The van der Waals surface area contributed by atoms with Gasteiger partial charge in [-0.2, -0.15) is 11.8 Å². The van der Waals surface area contributed by atoms with Crippen molar-refractivity contribution in [3.8, 4) is 0 Å². The van der Waals surface area contributed by atoms with E-state index in [1.165, 1.54) is 30.0 Å². The SMILES string of the molecule is C[C@H](NC(=O)N1CCC(N2CCSCC2)CC1)c1ccc2[nH]ccc2c1. The van der Waals surface area contributed by atoms with Crippen LogP contribution in [0.2, 0.25) is 0 Å². The molecule has 4 rings (SSSR count). The van der Waals surface area contributed by atoms with Crippen molar-refractivity contribution < 1.29 is 4.79 Å². The van der Waals surface area contributed by atoms with Gasteiger partial charge in [-0.25, -0.2) is 4.79 Å². The van der Waals surface area contributed by atoms with Gasteiger partial charge in [0.2, 0.25) is 0 Å². The molecular formula is C20H28N4OS. The van der Waals surface area contributed by atoms with Gasteiger partial charge in [-0.1, -0.05) is 6.07 Å². The number of fused-ring (bicyclic) bond motifs is 1. The summed E-state index contributed by atoms with van der Waals surface area (Å²) < 4.78 is 0. The minimum absolute atomic E-state index is 0.0126. The third-order valence-corrected chi connectivity index (χ3v) is 6.67. The number of hydrogen-bond acceptors (Lipinski definition) is 3. The molecule has 3 heterocycles.